The molecule has 0 bridgehead atoms. The van der Waals surface area contributed by atoms with Crippen LogP contribution in [0.1, 0.15) is 42.7 Å². The molecule has 0 atom stereocenters. The number of aromatic nitrogens is 1. The van der Waals surface area contributed by atoms with Gasteiger partial charge in [0, 0.05) is 41.6 Å². The van der Waals surface area contributed by atoms with Crippen molar-refractivity contribution in [3.05, 3.63) is 58.9 Å². The van der Waals surface area contributed by atoms with Gasteiger partial charge in [0.1, 0.15) is 6.54 Å². The van der Waals surface area contributed by atoms with Gasteiger partial charge in [0.25, 0.3) is 5.91 Å². The maximum absolute atomic E-state index is 13.1. The van der Waals surface area contributed by atoms with Gasteiger partial charge in [0.05, 0.1) is 6.54 Å². The van der Waals surface area contributed by atoms with Crippen LogP contribution in [-0.4, -0.2) is 44.8 Å². The number of rotatable bonds is 7. The fraction of sp³-hybridized carbons (Fsp3) is 0.429. The maximum Gasteiger partial charge on any atom is 0.254 e. The standard InChI is InChI=1S/C21H26ClN3O2/c1-15(2)24(21(27)16-6-4-7-17(22)12-16)14-20(26)25(18-9-10-18)13-19-8-5-11-23(19)3/h4-8,11-12,15,18H,9-10,13-14H2,1-3H3. The molecule has 2 aromatic rings. The molecule has 0 radical (unpaired) electrons. The minimum Gasteiger partial charge on any atom is -0.353 e. The third kappa shape index (κ3) is 4.72. The molecule has 0 aliphatic heterocycles. The Morgan fingerprint density at radius 1 is 1.22 bits per heavy atom. The number of carbonyl (C=O) groups excluding carboxylic acids is 2. The zero-order valence-electron chi connectivity index (χ0n) is 16.1. The fourth-order valence-electron chi connectivity index (χ4n) is 3.16. The Hall–Kier alpha value is -2.27. The lowest BCUT2D eigenvalue weighted by Crippen LogP contribution is -2.46. The predicted molar refractivity (Wildman–Crippen MR) is 107 cm³/mol. The molecule has 0 spiro atoms. The van der Waals surface area contributed by atoms with Crippen LogP contribution < -0.4 is 0 Å². The number of hydrogen-bond donors (Lipinski definition) is 0. The molecular formula is C21H26ClN3O2. The van der Waals surface area contributed by atoms with Crippen molar-refractivity contribution in [1.29, 1.82) is 0 Å². The third-order valence-corrected chi connectivity index (χ3v) is 5.19. The average molecular weight is 388 g/mol. The lowest BCUT2D eigenvalue weighted by Gasteiger charge is -2.30. The number of nitrogens with zero attached hydrogens (tertiary/aromatic N) is 3. The summed E-state index contributed by atoms with van der Waals surface area (Å²) in [5.41, 5.74) is 1.59. The molecule has 1 fully saturated rings. The summed E-state index contributed by atoms with van der Waals surface area (Å²) in [6.45, 7) is 4.50. The number of halogens is 1. The van der Waals surface area contributed by atoms with Gasteiger partial charge in [-0.25, -0.2) is 0 Å². The van der Waals surface area contributed by atoms with E-state index in [0.717, 1.165) is 18.5 Å². The van der Waals surface area contributed by atoms with Crippen LogP contribution in [0, 0.1) is 0 Å². The van der Waals surface area contributed by atoms with Crippen molar-refractivity contribution in [2.45, 2.75) is 45.3 Å². The summed E-state index contributed by atoms with van der Waals surface area (Å²) in [6, 6.07) is 11.1. The normalized spacial score (nSPS) is 13.7. The van der Waals surface area contributed by atoms with E-state index in [1.807, 2.05) is 48.7 Å². The van der Waals surface area contributed by atoms with E-state index in [1.54, 1.807) is 29.2 Å². The molecular weight excluding hydrogens is 362 g/mol. The number of carbonyl (C=O) groups is 2. The van der Waals surface area contributed by atoms with Gasteiger partial charge < -0.3 is 14.4 Å². The highest BCUT2D eigenvalue weighted by molar-refractivity contribution is 6.31. The molecule has 1 aliphatic rings. The molecule has 1 aromatic heterocycles. The summed E-state index contributed by atoms with van der Waals surface area (Å²) in [4.78, 5) is 29.6. The first-order valence-corrected chi connectivity index (χ1v) is 9.71. The van der Waals surface area contributed by atoms with Crippen molar-refractivity contribution in [3.63, 3.8) is 0 Å². The zero-order chi connectivity index (χ0) is 19.6. The van der Waals surface area contributed by atoms with Gasteiger partial charge in [-0.05, 0) is 57.0 Å². The Morgan fingerprint density at radius 2 is 1.96 bits per heavy atom. The highest BCUT2D eigenvalue weighted by atomic mass is 35.5. The molecule has 144 valence electrons. The number of hydrogen-bond acceptors (Lipinski definition) is 2. The van der Waals surface area contributed by atoms with E-state index in [1.165, 1.54) is 0 Å². The van der Waals surface area contributed by atoms with Gasteiger partial charge in [-0.2, -0.15) is 0 Å². The van der Waals surface area contributed by atoms with E-state index in [0.29, 0.717) is 17.1 Å². The average Bonchev–Trinajstić information content (AvgIpc) is 3.39. The minimum atomic E-state index is -0.171. The van der Waals surface area contributed by atoms with E-state index in [2.05, 4.69) is 0 Å². The Bertz CT molecular complexity index is 826. The van der Waals surface area contributed by atoms with Crippen molar-refractivity contribution >= 4 is 23.4 Å². The first kappa shape index (κ1) is 19.5. The second-order valence-corrected chi connectivity index (χ2v) is 7.84. The summed E-state index contributed by atoms with van der Waals surface area (Å²) in [5.74, 6) is -0.182. The van der Waals surface area contributed by atoms with Crippen molar-refractivity contribution < 1.29 is 9.59 Å². The van der Waals surface area contributed by atoms with E-state index < -0.39 is 0 Å². The molecule has 2 amide bonds. The van der Waals surface area contributed by atoms with Crippen LogP contribution in [0.2, 0.25) is 5.02 Å². The zero-order valence-corrected chi connectivity index (χ0v) is 16.8. The van der Waals surface area contributed by atoms with Gasteiger partial charge in [0.2, 0.25) is 5.91 Å². The van der Waals surface area contributed by atoms with Crippen molar-refractivity contribution in [3.8, 4) is 0 Å². The van der Waals surface area contributed by atoms with Crippen molar-refractivity contribution in [1.82, 2.24) is 14.4 Å². The molecule has 0 saturated heterocycles. The molecule has 1 saturated carbocycles. The molecule has 27 heavy (non-hydrogen) atoms. The largest absolute Gasteiger partial charge is 0.353 e. The Kier molecular flexibility index (Phi) is 5.90. The minimum absolute atomic E-state index is 0.0113. The Labute approximate surface area is 165 Å². The quantitative estimate of drug-likeness (QED) is 0.726. The second kappa shape index (κ2) is 8.17. The van der Waals surface area contributed by atoms with E-state index in [9.17, 15) is 9.59 Å². The van der Waals surface area contributed by atoms with Crippen LogP contribution in [0.15, 0.2) is 42.6 Å². The molecule has 0 unspecified atom stereocenters. The number of amides is 2. The number of aryl methyl sites for hydroxylation is 1. The van der Waals surface area contributed by atoms with E-state index >= 15 is 0 Å². The molecule has 6 heteroatoms. The lowest BCUT2D eigenvalue weighted by atomic mass is 10.1. The molecule has 3 rings (SSSR count). The molecule has 1 heterocycles. The SMILES string of the molecule is CC(C)N(CC(=O)N(Cc1cccn1C)C1CC1)C(=O)c1cccc(Cl)c1. The van der Waals surface area contributed by atoms with Crippen molar-refractivity contribution in [2.75, 3.05) is 6.54 Å². The lowest BCUT2D eigenvalue weighted by molar-refractivity contribution is -0.133. The Balaban J connectivity index is 1.75. The molecule has 5 nitrogen and oxygen atoms in total. The van der Waals surface area contributed by atoms with Crippen LogP contribution in [0.5, 0.6) is 0 Å². The molecule has 0 N–H and O–H groups in total. The van der Waals surface area contributed by atoms with Gasteiger partial charge in [-0.1, -0.05) is 17.7 Å². The third-order valence-electron chi connectivity index (χ3n) is 4.95. The van der Waals surface area contributed by atoms with Gasteiger partial charge in [0.15, 0.2) is 0 Å². The highest BCUT2D eigenvalue weighted by Gasteiger charge is 2.34. The van der Waals surface area contributed by atoms with Crippen LogP contribution in [-0.2, 0) is 18.4 Å². The van der Waals surface area contributed by atoms with E-state index in [-0.39, 0.29) is 30.4 Å². The van der Waals surface area contributed by atoms with E-state index in [4.69, 9.17) is 11.6 Å². The first-order valence-electron chi connectivity index (χ1n) is 9.33. The highest BCUT2D eigenvalue weighted by Crippen LogP contribution is 2.29. The second-order valence-electron chi connectivity index (χ2n) is 7.40. The maximum atomic E-state index is 13.1. The molecule has 1 aromatic carbocycles. The van der Waals surface area contributed by atoms with Gasteiger partial charge >= 0.3 is 0 Å². The predicted octanol–water partition coefficient (Wildman–Crippen LogP) is 3.72. The summed E-state index contributed by atoms with van der Waals surface area (Å²) in [7, 11) is 1.98. The number of benzene rings is 1. The summed E-state index contributed by atoms with van der Waals surface area (Å²) >= 11 is 6.03. The van der Waals surface area contributed by atoms with Gasteiger partial charge in [-0.15, -0.1) is 0 Å². The molecule has 1 aliphatic carbocycles. The summed E-state index contributed by atoms with van der Waals surface area (Å²) in [6.07, 6.45) is 4.04. The first-order chi connectivity index (χ1) is 12.9. The van der Waals surface area contributed by atoms with Crippen LogP contribution in [0.3, 0.4) is 0 Å². The monoisotopic (exact) mass is 387 g/mol. The summed E-state index contributed by atoms with van der Waals surface area (Å²) in [5, 5.41) is 0.513. The Morgan fingerprint density at radius 3 is 2.52 bits per heavy atom. The van der Waals surface area contributed by atoms with Crippen LogP contribution >= 0.6 is 11.6 Å². The van der Waals surface area contributed by atoms with Crippen molar-refractivity contribution in [2.24, 2.45) is 7.05 Å². The van der Waals surface area contributed by atoms with Crippen LogP contribution in [0.25, 0.3) is 0 Å². The topological polar surface area (TPSA) is 45.6 Å². The van der Waals surface area contributed by atoms with Gasteiger partial charge in [-0.3, -0.25) is 9.59 Å². The fourth-order valence-corrected chi connectivity index (χ4v) is 3.35. The van der Waals surface area contributed by atoms with Crippen LogP contribution in [0.4, 0.5) is 0 Å². The summed E-state index contributed by atoms with van der Waals surface area (Å²) < 4.78 is 2.03. The smallest absolute Gasteiger partial charge is 0.254 e.